The predicted octanol–water partition coefficient (Wildman–Crippen LogP) is 3.64. The number of esters is 1. The first-order valence-electron chi connectivity index (χ1n) is 11.3. The van der Waals surface area contributed by atoms with E-state index in [-0.39, 0.29) is 6.61 Å². The Bertz CT molecular complexity index is 1140. The van der Waals surface area contributed by atoms with Crippen LogP contribution in [-0.2, 0) is 16.0 Å². The average molecular weight is 499 g/mol. The lowest BCUT2D eigenvalue weighted by molar-refractivity contribution is -0.174. The van der Waals surface area contributed by atoms with Gasteiger partial charge in [-0.15, -0.1) is 0 Å². The Morgan fingerprint density at radius 2 is 1.91 bits per heavy atom. The Kier molecular flexibility index (Phi) is 7.07. The summed E-state index contributed by atoms with van der Waals surface area (Å²) in [5, 5.41) is 3.86. The van der Waals surface area contributed by atoms with Crippen LogP contribution < -0.4 is 24.3 Å². The maximum atomic E-state index is 13.3. The van der Waals surface area contributed by atoms with Crippen LogP contribution in [0, 0.1) is 5.92 Å². The maximum absolute atomic E-state index is 13.3. The van der Waals surface area contributed by atoms with Gasteiger partial charge >= 0.3 is 5.97 Å². The normalized spacial score (nSPS) is 22.3. The molecule has 2 aromatic carbocycles. The van der Waals surface area contributed by atoms with E-state index in [9.17, 15) is 4.79 Å². The van der Waals surface area contributed by atoms with Crippen molar-refractivity contribution in [2.24, 2.45) is 5.92 Å². The first-order valence-corrected chi connectivity index (χ1v) is 11.7. The lowest BCUT2D eigenvalue weighted by Crippen LogP contribution is -2.71. The van der Waals surface area contributed by atoms with E-state index in [1.54, 1.807) is 27.4 Å². The molecule has 0 radical (unpaired) electrons. The highest BCUT2D eigenvalue weighted by Gasteiger charge is 2.59. The molecule has 8 nitrogen and oxygen atoms in total. The molecule has 1 N–H and O–H groups in total. The Morgan fingerprint density at radius 1 is 1.17 bits per heavy atom. The fraction of sp³-hybridized carbons (Fsp3) is 0.385. The summed E-state index contributed by atoms with van der Waals surface area (Å²) in [7, 11) is 4.80. The highest BCUT2D eigenvalue weighted by molar-refractivity contribution is 7.80. The van der Waals surface area contributed by atoms with Crippen LogP contribution in [-0.4, -0.2) is 56.2 Å². The number of hydrogen-bond donors (Lipinski definition) is 1. The summed E-state index contributed by atoms with van der Waals surface area (Å²) in [5.74, 6) is 1.41. The van der Waals surface area contributed by atoms with Crippen molar-refractivity contribution in [3.63, 3.8) is 0 Å². The van der Waals surface area contributed by atoms with Crippen molar-refractivity contribution < 1.29 is 28.5 Å². The molecule has 1 fully saturated rings. The van der Waals surface area contributed by atoms with E-state index in [1.165, 1.54) is 0 Å². The van der Waals surface area contributed by atoms with Gasteiger partial charge in [0.15, 0.2) is 33.8 Å². The number of ether oxygens (including phenoxy) is 5. The van der Waals surface area contributed by atoms with Crippen molar-refractivity contribution in [1.29, 1.82) is 0 Å². The monoisotopic (exact) mass is 498 g/mol. The van der Waals surface area contributed by atoms with Gasteiger partial charge in [-0.1, -0.05) is 30.9 Å². The van der Waals surface area contributed by atoms with Crippen LogP contribution in [0.25, 0.3) is 0 Å². The second-order valence-electron chi connectivity index (χ2n) is 8.45. The Labute approximate surface area is 210 Å². The summed E-state index contributed by atoms with van der Waals surface area (Å²) in [4.78, 5) is 15.2. The molecule has 0 amide bonds. The largest absolute Gasteiger partial charge is 0.493 e. The highest BCUT2D eigenvalue weighted by Crippen LogP contribution is 2.51. The third kappa shape index (κ3) is 4.36. The molecule has 0 aliphatic carbocycles. The Hall–Kier alpha value is -3.46. The van der Waals surface area contributed by atoms with Gasteiger partial charge in [-0.25, -0.2) is 0 Å². The molecule has 3 atom stereocenters. The SMILES string of the molecule is C=CCOC(=O)[C@@H]1[C@@H]2NC(=S)N(CCc3ccc(OC)c(OC)c3)[C@]1(C)Oc1c(OC)cccc12. The molecule has 1 saturated heterocycles. The van der Waals surface area contributed by atoms with Gasteiger partial charge in [0.05, 0.1) is 27.4 Å². The number of benzene rings is 2. The van der Waals surface area contributed by atoms with Crippen LogP contribution in [0.15, 0.2) is 49.1 Å². The molecule has 2 aromatic rings. The van der Waals surface area contributed by atoms with Crippen LogP contribution >= 0.6 is 12.2 Å². The zero-order valence-corrected chi connectivity index (χ0v) is 21.1. The number of nitrogens with zero attached hydrogens (tertiary/aromatic N) is 1. The number of rotatable bonds is 9. The smallest absolute Gasteiger partial charge is 0.317 e. The minimum absolute atomic E-state index is 0.110. The molecular formula is C26H30N2O6S. The number of para-hydroxylation sites is 1. The zero-order chi connectivity index (χ0) is 25.2. The second kappa shape index (κ2) is 10.0. The van der Waals surface area contributed by atoms with E-state index in [1.807, 2.05) is 48.2 Å². The fourth-order valence-corrected chi connectivity index (χ4v) is 5.19. The molecule has 2 aliphatic rings. The van der Waals surface area contributed by atoms with Gasteiger partial charge in [0.1, 0.15) is 12.5 Å². The van der Waals surface area contributed by atoms with Crippen molar-refractivity contribution in [3.8, 4) is 23.0 Å². The maximum Gasteiger partial charge on any atom is 0.317 e. The third-order valence-electron chi connectivity index (χ3n) is 6.51. The first kappa shape index (κ1) is 24.7. The van der Waals surface area contributed by atoms with Gasteiger partial charge in [-0.3, -0.25) is 4.79 Å². The number of hydrogen-bond acceptors (Lipinski definition) is 7. The van der Waals surface area contributed by atoms with Gasteiger partial charge in [-0.05, 0) is 49.3 Å². The standard InChI is InChI=1S/C26H30N2O6S/c1-6-14-33-24(29)21-22-17-8-7-9-19(31-4)23(17)34-26(21,2)28(25(35)27-22)13-12-16-10-11-18(30-3)20(15-16)32-5/h6-11,15,21-22H,1,12-14H2,2-5H3,(H,27,35)/t21-,22+,26+/m0/s1. The number of methoxy groups -OCH3 is 3. The van der Waals surface area contributed by atoms with Crippen molar-refractivity contribution in [3.05, 3.63) is 60.2 Å². The number of carbonyl (C=O) groups excluding carboxylic acids is 1. The van der Waals surface area contributed by atoms with Crippen LogP contribution in [0.5, 0.6) is 23.0 Å². The summed E-state index contributed by atoms with van der Waals surface area (Å²) in [5.41, 5.74) is 0.712. The van der Waals surface area contributed by atoms with Crippen molar-refractivity contribution in [2.75, 3.05) is 34.5 Å². The van der Waals surface area contributed by atoms with Crippen molar-refractivity contribution in [2.45, 2.75) is 25.1 Å². The molecule has 0 aromatic heterocycles. The molecule has 0 unspecified atom stereocenters. The van der Waals surface area contributed by atoms with Crippen LogP contribution in [0.4, 0.5) is 0 Å². The van der Waals surface area contributed by atoms with E-state index in [0.29, 0.717) is 41.1 Å². The van der Waals surface area contributed by atoms with Crippen LogP contribution in [0.1, 0.15) is 24.1 Å². The van der Waals surface area contributed by atoms with Gasteiger partial charge in [0, 0.05) is 12.1 Å². The van der Waals surface area contributed by atoms with E-state index in [2.05, 4.69) is 11.9 Å². The molecular weight excluding hydrogens is 468 g/mol. The molecule has 0 spiro atoms. The summed E-state index contributed by atoms with van der Waals surface area (Å²) in [6.07, 6.45) is 2.17. The Balaban J connectivity index is 1.70. The average Bonchev–Trinajstić information content (AvgIpc) is 2.86. The quantitative estimate of drug-likeness (QED) is 0.317. The van der Waals surface area contributed by atoms with E-state index in [0.717, 1.165) is 11.1 Å². The van der Waals surface area contributed by atoms with Gasteiger partial charge in [0.2, 0.25) is 0 Å². The minimum atomic E-state index is -1.11. The molecule has 35 heavy (non-hydrogen) atoms. The molecule has 2 aliphatic heterocycles. The lowest BCUT2D eigenvalue weighted by atomic mass is 9.79. The number of fused-ring (bicyclic) bond motifs is 4. The Morgan fingerprint density at radius 3 is 2.60 bits per heavy atom. The molecule has 9 heteroatoms. The fourth-order valence-electron chi connectivity index (χ4n) is 4.79. The van der Waals surface area contributed by atoms with E-state index >= 15 is 0 Å². The van der Waals surface area contributed by atoms with Gasteiger partial charge < -0.3 is 33.9 Å². The molecule has 4 rings (SSSR count). The van der Waals surface area contributed by atoms with Crippen LogP contribution in [0.3, 0.4) is 0 Å². The summed E-state index contributed by atoms with van der Waals surface area (Å²) >= 11 is 5.76. The number of thiocarbonyl (C=S) groups is 1. The summed E-state index contributed by atoms with van der Waals surface area (Å²) < 4.78 is 28.4. The first-order chi connectivity index (χ1) is 16.9. The number of nitrogens with one attached hydrogen (secondary N) is 1. The van der Waals surface area contributed by atoms with Crippen LogP contribution in [0.2, 0.25) is 0 Å². The predicted molar refractivity (Wildman–Crippen MR) is 135 cm³/mol. The third-order valence-corrected chi connectivity index (χ3v) is 6.85. The lowest BCUT2D eigenvalue weighted by Gasteiger charge is -2.55. The molecule has 0 saturated carbocycles. The summed E-state index contributed by atoms with van der Waals surface area (Å²) in [6, 6.07) is 11.0. The second-order valence-corrected chi connectivity index (χ2v) is 8.84. The summed E-state index contributed by atoms with van der Waals surface area (Å²) in [6.45, 7) is 6.12. The van der Waals surface area contributed by atoms with E-state index in [4.69, 9.17) is 35.9 Å². The molecule has 2 heterocycles. The topological polar surface area (TPSA) is 78.5 Å². The number of carbonyl (C=O) groups is 1. The zero-order valence-electron chi connectivity index (χ0n) is 20.3. The van der Waals surface area contributed by atoms with Gasteiger partial charge in [-0.2, -0.15) is 0 Å². The molecule has 2 bridgehead atoms. The van der Waals surface area contributed by atoms with Gasteiger partial charge in [0.25, 0.3) is 0 Å². The van der Waals surface area contributed by atoms with E-state index < -0.39 is 23.7 Å². The highest BCUT2D eigenvalue weighted by atomic mass is 32.1. The van der Waals surface area contributed by atoms with Crippen molar-refractivity contribution in [1.82, 2.24) is 10.2 Å². The molecule has 186 valence electrons. The minimum Gasteiger partial charge on any atom is -0.493 e. The van der Waals surface area contributed by atoms with Crippen molar-refractivity contribution >= 4 is 23.3 Å².